The van der Waals surface area contributed by atoms with Crippen LogP contribution in [0, 0.1) is 5.92 Å². The van der Waals surface area contributed by atoms with Crippen LogP contribution in [0.3, 0.4) is 0 Å². The summed E-state index contributed by atoms with van der Waals surface area (Å²) in [6.45, 7) is 0.690. The van der Waals surface area contributed by atoms with E-state index >= 15 is 0 Å². The summed E-state index contributed by atoms with van der Waals surface area (Å²) in [5.41, 5.74) is 0.924. The van der Waals surface area contributed by atoms with E-state index in [2.05, 4.69) is 25.9 Å². The van der Waals surface area contributed by atoms with Gasteiger partial charge < -0.3 is 14.8 Å². The van der Waals surface area contributed by atoms with Gasteiger partial charge in [-0.15, -0.1) is 10.2 Å². The average molecular weight is 331 g/mol. The van der Waals surface area contributed by atoms with Crippen molar-refractivity contribution in [2.24, 2.45) is 5.92 Å². The van der Waals surface area contributed by atoms with E-state index in [1.807, 2.05) is 24.3 Å². The lowest BCUT2D eigenvalue weighted by atomic mass is 9.66. The Labute approximate surface area is 139 Å². The first-order valence-corrected chi connectivity index (χ1v) is 7.82. The number of benzene rings is 1. The molecule has 0 spiro atoms. The number of aromatic amines is 1. The van der Waals surface area contributed by atoms with Crippen molar-refractivity contribution in [3.05, 3.63) is 35.7 Å². The van der Waals surface area contributed by atoms with E-state index in [1.165, 1.54) is 7.11 Å². The predicted molar refractivity (Wildman–Crippen MR) is 85.2 cm³/mol. The maximum atomic E-state index is 11.7. The normalized spacial score (nSPS) is 22.7. The zero-order valence-electron chi connectivity index (χ0n) is 13.8. The highest BCUT2D eigenvalue weighted by molar-refractivity contribution is 5.74. The summed E-state index contributed by atoms with van der Waals surface area (Å²) < 4.78 is 10.0. The monoisotopic (exact) mass is 331 g/mol. The highest BCUT2D eigenvalue weighted by Gasteiger charge is 2.48. The molecule has 8 heteroatoms. The van der Waals surface area contributed by atoms with Crippen LogP contribution in [-0.4, -0.2) is 46.4 Å². The van der Waals surface area contributed by atoms with Crippen molar-refractivity contribution in [2.75, 3.05) is 14.2 Å². The molecule has 128 valence electrons. The van der Waals surface area contributed by atoms with Crippen molar-refractivity contribution in [2.45, 2.75) is 31.3 Å². The number of nitrogens with one attached hydrogen (secondary N) is 2. The number of aromatic nitrogens is 4. The SMILES string of the molecule is COC(=O)C1CC(Cc2nn[nH]n2)(NCc2ccc(OC)cc2)C1. The fourth-order valence-corrected chi connectivity index (χ4v) is 3.16. The number of rotatable bonds is 7. The third-order valence-corrected chi connectivity index (χ3v) is 4.52. The highest BCUT2D eigenvalue weighted by Crippen LogP contribution is 2.40. The van der Waals surface area contributed by atoms with Crippen molar-refractivity contribution in [1.82, 2.24) is 25.9 Å². The van der Waals surface area contributed by atoms with Crippen LogP contribution in [0.5, 0.6) is 5.75 Å². The number of ether oxygens (including phenoxy) is 2. The van der Waals surface area contributed by atoms with Crippen molar-refractivity contribution < 1.29 is 14.3 Å². The number of methoxy groups -OCH3 is 2. The molecular weight excluding hydrogens is 310 g/mol. The van der Waals surface area contributed by atoms with Gasteiger partial charge in [-0.25, -0.2) is 0 Å². The minimum atomic E-state index is -0.220. The topological polar surface area (TPSA) is 102 Å². The second-order valence-electron chi connectivity index (χ2n) is 6.12. The van der Waals surface area contributed by atoms with Crippen LogP contribution in [0.4, 0.5) is 0 Å². The Morgan fingerprint density at radius 2 is 2.08 bits per heavy atom. The van der Waals surface area contributed by atoms with E-state index in [0.29, 0.717) is 31.6 Å². The molecule has 1 aliphatic carbocycles. The van der Waals surface area contributed by atoms with Crippen LogP contribution in [0.25, 0.3) is 0 Å². The molecule has 0 aliphatic heterocycles. The first-order chi connectivity index (χ1) is 11.6. The van der Waals surface area contributed by atoms with Gasteiger partial charge in [0.2, 0.25) is 0 Å². The summed E-state index contributed by atoms with van der Waals surface area (Å²) in [5, 5.41) is 17.7. The van der Waals surface area contributed by atoms with Gasteiger partial charge in [0.1, 0.15) is 5.75 Å². The first kappa shape index (κ1) is 16.4. The zero-order valence-corrected chi connectivity index (χ0v) is 13.8. The molecule has 24 heavy (non-hydrogen) atoms. The molecule has 2 aromatic rings. The molecule has 0 amide bonds. The molecule has 1 aliphatic rings. The Kier molecular flexibility index (Phi) is 4.75. The first-order valence-electron chi connectivity index (χ1n) is 7.82. The van der Waals surface area contributed by atoms with Crippen molar-refractivity contribution >= 4 is 5.97 Å². The number of hydrogen-bond donors (Lipinski definition) is 2. The largest absolute Gasteiger partial charge is 0.497 e. The quantitative estimate of drug-likeness (QED) is 0.726. The Balaban J connectivity index is 1.65. The van der Waals surface area contributed by atoms with Crippen molar-refractivity contribution in [3.63, 3.8) is 0 Å². The molecular formula is C16H21N5O3. The summed E-state index contributed by atoms with van der Waals surface area (Å²) >= 11 is 0. The molecule has 0 bridgehead atoms. The maximum Gasteiger partial charge on any atom is 0.308 e. The van der Waals surface area contributed by atoms with Gasteiger partial charge >= 0.3 is 5.97 Å². The van der Waals surface area contributed by atoms with Gasteiger partial charge in [-0.3, -0.25) is 4.79 Å². The van der Waals surface area contributed by atoms with Crippen LogP contribution in [0.2, 0.25) is 0 Å². The van der Waals surface area contributed by atoms with Gasteiger partial charge in [-0.05, 0) is 30.5 Å². The van der Waals surface area contributed by atoms with Crippen LogP contribution in [0.15, 0.2) is 24.3 Å². The number of carbonyl (C=O) groups is 1. The number of tetrazole rings is 1. The Bertz CT molecular complexity index is 666. The average Bonchev–Trinajstić information content (AvgIpc) is 3.09. The molecule has 2 N–H and O–H groups in total. The predicted octanol–water partition coefficient (Wildman–Crippen LogP) is 0.862. The fraction of sp³-hybridized carbons (Fsp3) is 0.500. The van der Waals surface area contributed by atoms with E-state index in [0.717, 1.165) is 11.3 Å². The van der Waals surface area contributed by atoms with Crippen LogP contribution >= 0.6 is 0 Å². The van der Waals surface area contributed by atoms with Crippen molar-refractivity contribution in [1.29, 1.82) is 0 Å². The summed E-state index contributed by atoms with van der Waals surface area (Å²) in [6.07, 6.45) is 2.02. The summed E-state index contributed by atoms with van der Waals surface area (Å²) in [6, 6.07) is 7.90. The lowest BCUT2D eigenvalue weighted by molar-refractivity contribution is -0.151. The van der Waals surface area contributed by atoms with Gasteiger partial charge in [0.05, 0.1) is 20.1 Å². The molecule has 0 saturated heterocycles. The zero-order chi connectivity index (χ0) is 17.0. The van der Waals surface area contributed by atoms with Gasteiger partial charge in [0, 0.05) is 18.5 Å². The van der Waals surface area contributed by atoms with E-state index in [9.17, 15) is 4.79 Å². The lowest BCUT2D eigenvalue weighted by Gasteiger charge is -2.46. The number of hydrogen-bond acceptors (Lipinski definition) is 7. The number of esters is 1. The number of H-pyrrole nitrogens is 1. The molecule has 1 aromatic carbocycles. The minimum absolute atomic E-state index is 0.0785. The summed E-state index contributed by atoms with van der Waals surface area (Å²) in [5.74, 6) is 1.23. The van der Waals surface area contributed by atoms with Crippen LogP contribution in [-0.2, 0) is 22.5 Å². The molecule has 0 radical (unpaired) electrons. The summed E-state index contributed by atoms with van der Waals surface area (Å²) in [7, 11) is 3.07. The van der Waals surface area contributed by atoms with E-state index in [-0.39, 0.29) is 17.4 Å². The second-order valence-corrected chi connectivity index (χ2v) is 6.12. The van der Waals surface area contributed by atoms with Gasteiger partial charge in [-0.1, -0.05) is 17.3 Å². The van der Waals surface area contributed by atoms with Crippen LogP contribution in [0.1, 0.15) is 24.2 Å². The van der Waals surface area contributed by atoms with Gasteiger partial charge in [0.15, 0.2) is 5.82 Å². The molecule has 3 rings (SSSR count). The standard InChI is InChI=1S/C16H21N5O3/c1-23-13-5-3-11(4-6-13)10-17-16(9-14-18-20-21-19-14)7-12(8-16)15(22)24-2/h3-6,12,17H,7-10H2,1-2H3,(H,18,19,20,21). The molecule has 8 nitrogen and oxygen atoms in total. The lowest BCUT2D eigenvalue weighted by Crippen LogP contribution is -2.58. The summed E-state index contributed by atoms with van der Waals surface area (Å²) in [4.78, 5) is 11.7. The molecule has 1 heterocycles. The van der Waals surface area contributed by atoms with E-state index in [4.69, 9.17) is 9.47 Å². The third-order valence-electron chi connectivity index (χ3n) is 4.52. The smallest absolute Gasteiger partial charge is 0.308 e. The second kappa shape index (κ2) is 6.96. The van der Waals surface area contributed by atoms with Crippen molar-refractivity contribution in [3.8, 4) is 5.75 Å². The Morgan fingerprint density at radius 1 is 1.33 bits per heavy atom. The Hall–Kier alpha value is -2.48. The molecule has 1 saturated carbocycles. The Morgan fingerprint density at radius 3 is 2.67 bits per heavy atom. The van der Waals surface area contributed by atoms with E-state index in [1.54, 1.807) is 7.11 Å². The number of nitrogens with zero attached hydrogens (tertiary/aromatic N) is 3. The van der Waals surface area contributed by atoms with Gasteiger partial charge in [-0.2, -0.15) is 5.21 Å². The molecule has 0 unspecified atom stereocenters. The molecule has 0 atom stereocenters. The molecule has 1 aromatic heterocycles. The maximum absolute atomic E-state index is 11.7. The van der Waals surface area contributed by atoms with E-state index < -0.39 is 0 Å². The fourth-order valence-electron chi connectivity index (χ4n) is 3.16. The highest BCUT2D eigenvalue weighted by atomic mass is 16.5. The minimum Gasteiger partial charge on any atom is -0.497 e. The third kappa shape index (κ3) is 3.53. The van der Waals surface area contributed by atoms with Crippen LogP contribution < -0.4 is 10.1 Å². The molecule has 1 fully saturated rings. The van der Waals surface area contributed by atoms with Gasteiger partial charge in [0.25, 0.3) is 0 Å². The number of carbonyl (C=O) groups excluding carboxylic acids is 1.